The van der Waals surface area contributed by atoms with Gasteiger partial charge in [0.1, 0.15) is 0 Å². The van der Waals surface area contributed by atoms with E-state index in [1.165, 1.54) is 57.7 Å². The number of benzene rings is 1. The lowest BCUT2D eigenvalue weighted by atomic mass is 10.2. The van der Waals surface area contributed by atoms with E-state index in [0.29, 0.717) is 0 Å². The van der Waals surface area contributed by atoms with Gasteiger partial charge in [-0.25, -0.2) is 0 Å². The van der Waals surface area contributed by atoms with Gasteiger partial charge in [-0.1, -0.05) is 37.3 Å². The molecule has 1 aliphatic heterocycles. The van der Waals surface area contributed by atoms with Crippen LogP contribution in [0.15, 0.2) is 35.3 Å². The lowest BCUT2D eigenvalue weighted by molar-refractivity contribution is 0.136. The van der Waals surface area contributed by atoms with Gasteiger partial charge in [0.15, 0.2) is 5.96 Å². The van der Waals surface area contributed by atoms with Gasteiger partial charge < -0.3 is 20.0 Å². The van der Waals surface area contributed by atoms with Crippen molar-refractivity contribution in [3.63, 3.8) is 0 Å². The van der Waals surface area contributed by atoms with Crippen LogP contribution in [0, 0.1) is 0 Å². The number of nitrogens with zero attached hydrogens (tertiary/aromatic N) is 4. The molecule has 1 aromatic rings. The Morgan fingerprint density at radius 2 is 1.73 bits per heavy atom. The zero-order valence-corrected chi connectivity index (χ0v) is 19.0. The number of rotatable bonds is 8. The molecule has 1 fully saturated rings. The standard InChI is InChI=1S/C20H35N5.HI/c1-4-24-14-16-25(17-15-24)13-9-8-12-22-20(21-2)23(3)18-19-10-6-5-7-11-19;/h5-7,10-11H,4,8-9,12-18H2,1-3H3,(H,21,22);1H. The van der Waals surface area contributed by atoms with Crippen LogP contribution in [0.4, 0.5) is 0 Å². The third kappa shape index (κ3) is 8.22. The molecule has 1 heterocycles. The summed E-state index contributed by atoms with van der Waals surface area (Å²) in [6.07, 6.45) is 2.44. The number of unbranched alkanes of at least 4 members (excludes halogenated alkanes) is 1. The molecule has 0 unspecified atom stereocenters. The Labute approximate surface area is 176 Å². The predicted molar refractivity (Wildman–Crippen MR) is 122 cm³/mol. The Morgan fingerprint density at radius 1 is 1.08 bits per heavy atom. The molecule has 5 nitrogen and oxygen atoms in total. The van der Waals surface area contributed by atoms with Crippen molar-refractivity contribution < 1.29 is 0 Å². The fraction of sp³-hybridized carbons (Fsp3) is 0.650. The molecule has 2 rings (SSSR count). The van der Waals surface area contributed by atoms with Crippen LogP contribution in [-0.4, -0.2) is 80.6 Å². The molecule has 26 heavy (non-hydrogen) atoms. The SMILES string of the molecule is CCN1CCN(CCCCNC(=NC)N(C)Cc2ccccc2)CC1.I. The lowest BCUT2D eigenvalue weighted by Crippen LogP contribution is -2.46. The molecule has 6 heteroatoms. The molecule has 0 bridgehead atoms. The van der Waals surface area contributed by atoms with Crippen molar-refractivity contribution in [1.29, 1.82) is 0 Å². The number of aliphatic imine (C=N–C) groups is 1. The molecular weight excluding hydrogens is 437 g/mol. The van der Waals surface area contributed by atoms with E-state index in [0.717, 1.165) is 19.0 Å². The summed E-state index contributed by atoms with van der Waals surface area (Å²) in [5.74, 6) is 0.973. The first kappa shape index (κ1) is 23.2. The van der Waals surface area contributed by atoms with E-state index in [-0.39, 0.29) is 24.0 Å². The van der Waals surface area contributed by atoms with Gasteiger partial charge in [-0.2, -0.15) is 0 Å². The van der Waals surface area contributed by atoms with Gasteiger partial charge in [0.25, 0.3) is 0 Å². The molecule has 0 amide bonds. The van der Waals surface area contributed by atoms with E-state index >= 15 is 0 Å². The van der Waals surface area contributed by atoms with E-state index in [1.807, 2.05) is 7.05 Å². The molecule has 0 radical (unpaired) electrons. The summed E-state index contributed by atoms with van der Waals surface area (Å²) in [5, 5.41) is 3.49. The third-order valence-electron chi connectivity index (χ3n) is 4.93. The van der Waals surface area contributed by atoms with Gasteiger partial charge in [0.2, 0.25) is 0 Å². The van der Waals surface area contributed by atoms with Crippen LogP contribution < -0.4 is 5.32 Å². The number of halogens is 1. The summed E-state index contributed by atoms with van der Waals surface area (Å²) in [5.41, 5.74) is 1.30. The van der Waals surface area contributed by atoms with Gasteiger partial charge in [-0.15, -0.1) is 24.0 Å². The average molecular weight is 473 g/mol. The zero-order chi connectivity index (χ0) is 17.9. The highest BCUT2D eigenvalue weighted by Gasteiger charge is 2.14. The molecule has 0 atom stereocenters. The summed E-state index contributed by atoms with van der Waals surface area (Å²) in [6, 6.07) is 10.5. The number of piperazine rings is 1. The van der Waals surface area contributed by atoms with E-state index in [1.54, 1.807) is 0 Å². The average Bonchev–Trinajstić information content (AvgIpc) is 2.66. The minimum atomic E-state index is 0. The molecule has 0 aromatic heterocycles. The van der Waals surface area contributed by atoms with E-state index in [9.17, 15) is 0 Å². The quantitative estimate of drug-likeness (QED) is 0.273. The van der Waals surface area contributed by atoms with Gasteiger partial charge in [-0.05, 0) is 31.5 Å². The van der Waals surface area contributed by atoms with Crippen molar-refractivity contribution >= 4 is 29.9 Å². The normalized spacial score (nSPS) is 16.2. The maximum atomic E-state index is 4.40. The lowest BCUT2D eigenvalue weighted by Gasteiger charge is -2.34. The van der Waals surface area contributed by atoms with Crippen LogP contribution in [0.2, 0.25) is 0 Å². The number of guanidine groups is 1. The Bertz CT molecular complexity index is 500. The molecule has 1 aliphatic rings. The third-order valence-corrected chi connectivity index (χ3v) is 4.93. The summed E-state index contributed by atoms with van der Waals surface area (Å²) in [7, 11) is 3.95. The fourth-order valence-corrected chi connectivity index (χ4v) is 3.31. The second-order valence-corrected chi connectivity index (χ2v) is 6.80. The van der Waals surface area contributed by atoms with Crippen molar-refractivity contribution in [2.45, 2.75) is 26.3 Å². The van der Waals surface area contributed by atoms with Crippen LogP contribution in [0.25, 0.3) is 0 Å². The minimum absolute atomic E-state index is 0. The summed E-state index contributed by atoms with van der Waals surface area (Å²) in [6.45, 7) is 11.4. The number of hydrogen-bond donors (Lipinski definition) is 1. The monoisotopic (exact) mass is 473 g/mol. The highest BCUT2D eigenvalue weighted by Crippen LogP contribution is 2.04. The molecule has 0 saturated carbocycles. The maximum Gasteiger partial charge on any atom is 0.193 e. The first-order chi connectivity index (χ1) is 12.2. The van der Waals surface area contributed by atoms with Crippen molar-refractivity contribution in [2.75, 3.05) is 59.9 Å². The van der Waals surface area contributed by atoms with E-state index in [2.05, 4.69) is 69.3 Å². The van der Waals surface area contributed by atoms with Crippen LogP contribution in [0.5, 0.6) is 0 Å². The second kappa shape index (κ2) is 13.3. The van der Waals surface area contributed by atoms with Gasteiger partial charge in [0, 0.05) is 53.4 Å². The minimum Gasteiger partial charge on any atom is -0.356 e. The van der Waals surface area contributed by atoms with Crippen LogP contribution >= 0.6 is 24.0 Å². The largest absolute Gasteiger partial charge is 0.356 e. The zero-order valence-electron chi connectivity index (χ0n) is 16.7. The van der Waals surface area contributed by atoms with Gasteiger partial charge in [-0.3, -0.25) is 4.99 Å². The molecule has 1 saturated heterocycles. The number of hydrogen-bond acceptors (Lipinski definition) is 3. The topological polar surface area (TPSA) is 34.1 Å². The predicted octanol–water partition coefficient (Wildman–Crippen LogP) is 2.73. The summed E-state index contributed by atoms with van der Waals surface area (Å²) >= 11 is 0. The highest BCUT2D eigenvalue weighted by molar-refractivity contribution is 14.0. The van der Waals surface area contributed by atoms with E-state index in [4.69, 9.17) is 0 Å². The van der Waals surface area contributed by atoms with Crippen LogP contribution in [-0.2, 0) is 6.54 Å². The number of nitrogens with one attached hydrogen (secondary N) is 1. The van der Waals surface area contributed by atoms with E-state index < -0.39 is 0 Å². The smallest absolute Gasteiger partial charge is 0.193 e. The Kier molecular flexibility index (Phi) is 11.9. The second-order valence-electron chi connectivity index (χ2n) is 6.80. The summed E-state index contributed by atoms with van der Waals surface area (Å²) in [4.78, 5) is 11.7. The first-order valence-corrected chi connectivity index (χ1v) is 9.63. The van der Waals surface area contributed by atoms with Crippen LogP contribution in [0.1, 0.15) is 25.3 Å². The molecule has 1 aromatic carbocycles. The molecule has 1 N–H and O–H groups in total. The van der Waals surface area contributed by atoms with Gasteiger partial charge in [0.05, 0.1) is 0 Å². The Balaban J connectivity index is 0.00000338. The Hall–Kier alpha value is -0.860. The van der Waals surface area contributed by atoms with Crippen molar-refractivity contribution in [1.82, 2.24) is 20.0 Å². The van der Waals surface area contributed by atoms with Gasteiger partial charge >= 0.3 is 0 Å². The van der Waals surface area contributed by atoms with Crippen molar-refractivity contribution in [3.05, 3.63) is 35.9 Å². The fourth-order valence-electron chi connectivity index (χ4n) is 3.31. The highest BCUT2D eigenvalue weighted by atomic mass is 127. The number of likely N-dealkylation sites (N-methyl/N-ethyl adjacent to an activating group) is 1. The molecule has 0 spiro atoms. The van der Waals surface area contributed by atoms with Crippen LogP contribution in [0.3, 0.4) is 0 Å². The van der Waals surface area contributed by atoms with Crippen molar-refractivity contribution in [3.8, 4) is 0 Å². The maximum absolute atomic E-state index is 4.40. The Morgan fingerprint density at radius 3 is 2.35 bits per heavy atom. The first-order valence-electron chi connectivity index (χ1n) is 9.63. The van der Waals surface area contributed by atoms with Crippen molar-refractivity contribution in [2.24, 2.45) is 4.99 Å². The molecule has 0 aliphatic carbocycles. The summed E-state index contributed by atoms with van der Waals surface area (Å²) < 4.78 is 0. The molecule has 148 valence electrons. The molecular formula is C20H36IN5.